The lowest BCUT2D eigenvalue weighted by Gasteiger charge is -2.37. The molecule has 1 fully saturated rings. The zero-order valence-corrected chi connectivity index (χ0v) is 14.3. The molecule has 0 saturated carbocycles. The average Bonchev–Trinajstić information content (AvgIpc) is 2.51. The first kappa shape index (κ1) is 16.3. The van der Waals surface area contributed by atoms with Gasteiger partial charge in [0.2, 0.25) is 0 Å². The minimum absolute atomic E-state index is 0.475. The van der Waals surface area contributed by atoms with Crippen LogP contribution >= 0.6 is 0 Å². The number of nitrogens with zero attached hydrogens (tertiary/aromatic N) is 1. The fraction of sp³-hybridized carbons (Fsp3) is 0.579. The smallest absolute Gasteiger partial charge is 0.0388 e. The average molecular weight is 286 g/mol. The molecule has 116 valence electrons. The van der Waals surface area contributed by atoms with Crippen molar-refractivity contribution < 1.29 is 0 Å². The summed E-state index contributed by atoms with van der Waals surface area (Å²) < 4.78 is 0. The number of benzene rings is 1. The molecule has 0 unspecified atom stereocenters. The van der Waals surface area contributed by atoms with Crippen molar-refractivity contribution in [3.05, 3.63) is 46.0 Å². The van der Waals surface area contributed by atoms with Crippen molar-refractivity contribution in [1.29, 1.82) is 0 Å². The van der Waals surface area contributed by atoms with E-state index in [1.165, 1.54) is 33.4 Å². The first-order chi connectivity index (χ1) is 9.99. The van der Waals surface area contributed by atoms with Crippen molar-refractivity contribution in [2.75, 3.05) is 26.2 Å². The van der Waals surface area contributed by atoms with E-state index in [1.54, 1.807) is 0 Å². The highest BCUT2D eigenvalue weighted by molar-refractivity contribution is 5.50. The van der Waals surface area contributed by atoms with Crippen LogP contribution in [0.25, 0.3) is 0 Å². The van der Waals surface area contributed by atoms with Gasteiger partial charge in [-0.25, -0.2) is 0 Å². The molecule has 1 atom stereocenters. The van der Waals surface area contributed by atoms with Crippen LogP contribution < -0.4 is 5.32 Å². The number of rotatable bonds is 4. The van der Waals surface area contributed by atoms with Crippen LogP contribution in [0.4, 0.5) is 0 Å². The molecule has 1 saturated heterocycles. The van der Waals surface area contributed by atoms with Gasteiger partial charge in [0, 0.05) is 32.2 Å². The summed E-state index contributed by atoms with van der Waals surface area (Å²) in [6, 6.07) is 0.475. The Bertz CT molecular complexity index is 496. The van der Waals surface area contributed by atoms with Crippen LogP contribution in [0.2, 0.25) is 0 Å². The molecular formula is C19H30N2. The zero-order chi connectivity index (χ0) is 15.6. The largest absolute Gasteiger partial charge is 0.314 e. The Balaban J connectivity index is 2.51. The topological polar surface area (TPSA) is 15.3 Å². The van der Waals surface area contributed by atoms with Crippen LogP contribution in [0, 0.1) is 34.6 Å². The third-order valence-electron chi connectivity index (χ3n) is 5.37. The van der Waals surface area contributed by atoms with Gasteiger partial charge in [0.25, 0.3) is 0 Å². The van der Waals surface area contributed by atoms with Crippen LogP contribution in [0.15, 0.2) is 12.7 Å². The normalized spacial score (nSPS) is 17.8. The molecule has 0 radical (unpaired) electrons. The molecule has 0 aliphatic carbocycles. The molecule has 1 aliphatic rings. The van der Waals surface area contributed by atoms with Crippen molar-refractivity contribution >= 4 is 0 Å². The molecule has 2 nitrogen and oxygen atoms in total. The number of hydrogen-bond acceptors (Lipinski definition) is 2. The Hall–Kier alpha value is -1.12. The highest BCUT2D eigenvalue weighted by Gasteiger charge is 2.25. The van der Waals surface area contributed by atoms with Crippen LogP contribution in [-0.4, -0.2) is 31.1 Å². The molecule has 1 N–H and O–H groups in total. The summed E-state index contributed by atoms with van der Waals surface area (Å²) in [7, 11) is 0. The van der Waals surface area contributed by atoms with Crippen LogP contribution in [-0.2, 0) is 0 Å². The fourth-order valence-electron chi connectivity index (χ4n) is 3.63. The molecule has 1 heterocycles. The van der Waals surface area contributed by atoms with E-state index in [0.717, 1.165) is 32.6 Å². The van der Waals surface area contributed by atoms with Crippen molar-refractivity contribution in [2.24, 2.45) is 0 Å². The summed E-state index contributed by atoms with van der Waals surface area (Å²) in [5, 5.41) is 3.46. The molecule has 2 heteroatoms. The standard InChI is InChI=1S/C19H30N2/c1-7-8-18(21-11-9-20-10-12-21)19-16(5)14(3)13(2)15(4)17(19)6/h7,18,20H,1,8-12H2,2-6H3/t18-/m1/s1. The summed E-state index contributed by atoms with van der Waals surface area (Å²) in [6.45, 7) is 19.8. The van der Waals surface area contributed by atoms with Gasteiger partial charge in [0.05, 0.1) is 0 Å². The second-order valence-corrected chi connectivity index (χ2v) is 6.36. The van der Waals surface area contributed by atoms with E-state index in [1.807, 2.05) is 0 Å². The van der Waals surface area contributed by atoms with Gasteiger partial charge in [0.15, 0.2) is 0 Å². The van der Waals surface area contributed by atoms with Gasteiger partial charge in [-0.05, 0) is 74.4 Å². The highest BCUT2D eigenvalue weighted by atomic mass is 15.2. The molecule has 1 aliphatic heterocycles. The number of hydrogen-bond donors (Lipinski definition) is 1. The summed E-state index contributed by atoms with van der Waals surface area (Å²) in [5.41, 5.74) is 8.85. The van der Waals surface area contributed by atoms with Gasteiger partial charge in [-0.2, -0.15) is 0 Å². The Kier molecular flexibility index (Phi) is 5.23. The highest BCUT2D eigenvalue weighted by Crippen LogP contribution is 2.35. The van der Waals surface area contributed by atoms with E-state index in [-0.39, 0.29) is 0 Å². The minimum Gasteiger partial charge on any atom is -0.314 e. The van der Waals surface area contributed by atoms with E-state index in [9.17, 15) is 0 Å². The predicted octanol–water partition coefficient (Wildman–Crippen LogP) is 3.75. The van der Waals surface area contributed by atoms with E-state index in [2.05, 4.69) is 57.5 Å². The van der Waals surface area contributed by atoms with Crippen LogP contribution in [0.5, 0.6) is 0 Å². The molecule has 0 amide bonds. The lowest BCUT2D eigenvalue weighted by Crippen LogP contribution is -2.45. The van der Waals surface area contributed by atoms with Crippen LogP contribution in [0.1, 0.15) is 45.8 Å². The third kappa shape index (κ3) is 3.07. The lowest BCUT2D eigenvalue weighted by atomic mass is 9.84. The molecule has 1 aromatic rings. The molecule has 2 rings (SSSR count). The van der Waals surface area contributed by atoms with Gasteiger partial charge in [-0.15, -0.1) is 6.58 Å². The molecular weight excluding hydrogens is 256 g/mol. The molecule has 1 aromatic carbocycles. The Morgan fingerprint density at radius 2 is 1.43 bits per heavy atom. The fourth-order valence-corrected chi connectivity index (χ4v) is 3.63. The Labute approximate surface area is 130 Å². The molecule has 0 aromatic heterocycles. The number of nitrogens with one attached hydrogen (secondary N) is 1. The second kappa shape index (κ2) is 6.76. The van der Waals surface area contributed by atoms with Crippen molar-refractivity contribution in [3.8, 4) is 0 Å². The molecule has 21 heavy (non-hydrogen) atoms. The lowest BCUT2D eigenvalue weighted by molar-refractivity contribution is 0.173. The summed E-state index contributed by atoms with van der Waals surface area (Å²) in [4.78, 5) is 2.63. The Morgan fingerprint density at radius 3 is 1.90 bits per heavy atom. The van der Waals surface area contributed by atoms with Crippen molar-refractivity contribution in [2.45, 2.75) is 47.1 Å². The summed E-state index contributed by atoms with van der Waals surface area (Å²) in [6.07, 6.45) is 3.11. The van der Waals surface area contributed by atoms with E-state index in [0.29, 0.717) is 6.04 Å². The van der Waals surface area contributed by atoms with Gasteiger partial charge >= 0.3 is 0 Å². The number of piperazine rings is 1. The van der Waals surface area contributed by atoms with Gasteiger partial charge in [-0.3, -0.25) is 4.90 Å². The van der Waals surface area contributed by atoms with Crippen molar-refractivity contribution in [3.63, 3.8) is 0 Å². The predicted molar refractivity (Wildman–Crippen MR) is 92.1 cm³/mol. The van der Waals surface area contributed by atoms with E-state index in [4.69, 9.17) is 0 Å². The first-order valence-corrected chi connectivity index (χ1v) is 8.11. The van der Waals surface area contributed by atoms with Gasteiger partial charge in [0.1, 0.15) is 0 Å². The quantitative estimate of drug-likeness (QED) is 0.848. The maximum atomic E-state index is 4.00. The Morgan fingerprint density at radius 1 is 0.952 bits per heavy atom. The summed E-state index contributed by atoms with van der Waals surface area (Å²) >= 11 is 0. The second-order valence-electron chi connectivity index (χ2n) is 6.36. The summed E-state index contributed by atoms with van der Waals surface area (Å²) in [5.74, 6) is 0. The van der Waals surface area contributed by atoms with E-state index < -0.39 is 0 Å². The molecule has 0 bridgehead atoms. The van der Waals surface area contributed by atoms with Gasteiger partial charge in [-0.1, -0.05) is 6.08 Å². The SMILES string of the molecule is C=CC[C@H](c1c(C)c(C)c(C)c(C)c1C)N1CCNCC1. The third-order valence-corrected chi connectivity index (χ3v) is 5.37. The first-order valence-electron chi connectivity index (χ1n) is 8.11. The minimum atomic E-state index is 0.475. The zero-order valence-electron chi connectivity index (χ0n) is 14.3. The monoisotopic (exact) mass is 286 g/mol. The van der Waals surface area contributed by atoms with E-state index >= 15 is 0 Å². The van der Waals surface area contributed by atoms with Crippen molar-refractivity contribution in [1.82, 2.24) is 10.2 Å². The van der Waals surface area contributed by atoms with Gasteiger partial charge < -0.3 is 5.32 Å². The molecule has 0 spiro atoms. The maximum absolute atomic E-state index is 4.00. The van der Waals surface area contributed by atoms with Crippen LogP contribution in [0.3, 0.4) is 0 Å². The maximum Gasteiger partial charge on any atom is 0.0388 e.